The molecule has 0 saturated carbocycles. The molecule has 0 radical (unpaired) electrons. The molecule has 0 aliphatic carbocycles. The fraction of sp³-hybridized carbons (Fsp3) is 0.571. The van der Waals surface area contributed by atoms with Crippen molar-refractivity contribution in [1.82, 2.24) is 15.5 Å². The van der Waals surface area contributed by atoms with Gasteiger partial charge in [-0.2, -0.15) is 0 Å². The Bertz CT molecular complexity index is 755. The van der Waals surface area contributed by atoms with Crippen molar-refractivity contribution >= 4 is 17.7 Å². The van der Waals surface area contributed by atoms with Gasteiger partial charge in [0.25, 0.3) is 0 Å². The van der Waals surface area contributed by atoms with Crippen molar-refractivity contribution in [3.8, 4) is 0 Å². The van der Waals surface area contributed by atoms with Crippen LogP contribution < -0.4 is 10.6 Å². The Morgan fingerprint density at radius 3 is 2.66 bits per heavy atom. The largest absolute Gasteiger partial charge is 0.354 e. The molecular formula is C21H29F2N3O3. The molecule has 6 nitrogen and oxygen atoms in total. The van der Waals surface area contributed by atoms with Crippen molar-refractivity contribution in [2.24, 2.45) is 5.92 Å². The number of hydrogen-bond acceptors (Lipinski definition) is 3. The summed E-state index contributed by atoms with van der Waals surface area (Å²) >= 11 is 0. The Morgan fingerprint density at radius 2 is 2.00 bits per heavy atom. The first-order chi connectivity index (χ1) is 13.7. The summed E-state index contributed by atoms with van der Waals surface area (Å²) < 4.78 is 27.4. The van der Waals surface area contributed by atoms with E-state index < -0.39 is 23.7 Å². The van der Waals surface area contributed by atoms with E-state index in [1.54, 1.807) is 0 Å². The highest BCUT2D eigenvalue weighted by molar-refractivity contribution is 5.88. The highest BCUT2D eigenvalue weighted by Crippen LogP contribution is 2.25. The van der Waals surface area contributed by atoms with Gasteiger partial charge in [0.15, 0.2) is 11.6 Å². The molecular weight excluding hydrogens is 380 g/mol. The summed E-state index contributed by atoms with van der Waals surface area (Å²) in [5, 5.41) is 5.53. The molecule has 0 spiro atoms. The van der Waals surface area contributed by atoms with Crippen LogP contribution in [0.2, 0.25) is 0 Å². The smallest absolute Gasteiger partial charge is 0.242 e. The normalized spacial score (nSPS) is 17.5. The average Bonchev–Trinajstić information content (AvgIpc) is 3.00. The van der Waals surface area contributed by atoms with Crippen LogP contribution >= 0.6 is 0 Å². The predicted octanol–water partition coefficient (Wildman–Crippen LogP) is 2.51. The molecule has 1 heterocycles. The molecule has 2 N–H and O–H groups in total. The van der Waals surface area contributed by atoms with Crippen LogP contribution in [0.15, 0.2) is 18.2 Å². The van der Waals surface area contributed by atoms with Crippen molar-refractivity contribution < 1.29 is 23.2 Å². The lowest BCUT2D eigenvalue weighted by molar-refractivity contribution is -0.132. The van der Waals surface area contributed by atoms with Gasteiger partial charge in [-0.15, -0.1) is 0 Å². The number of carbonyl (C=O) groups excluding carboxylic acids is 3. The Morgan fingerprint density at radius 1 is 1.28 bits per heavy atom. The Labute approximate surface area is 170 Å². The molecule has 1 aliphatic heterocycles. The van der Waals surface area contributed by atoms with Crippen LogP contribution in [0.25, 0.3) is 0 Å². The van der Waals surface area contributed by atoms with E-state index >= 15 is 0 Å². The summed E-state index contributed by atoms with van der Waals surface area (Å²) in [4.78, 5) is 38.5. The monoisotopic (exact) mass is 409 g/mol. The number of rotatable bonds is 9. The second kappa shape index (κ2) is 10.3. The SMILES string of the molecule is CCCNC(=O)C(NC(=O)C[C@@H]1CCC(=O)N1Cc1cccc(F)c1F)C(C)C. The van der Waals surface area contributed by atoms with Crippen molar-refractivity contribution in [3.05, 3.63) is 35.4 Å². The zero-order valence-electron chi connectivity index (χ0n) is 17.1. The third-order valence-corrected chi connectivity index (χ3v) is 5.06. The summed E-state index contributed by atoms with van der Waals surface area (Å²) in [6.45, 7) is 6.06. The van der Waals surface area contributed by atoms with Crippen LogP contribution in [-0.4, -0.2) is 41.2 Å². The minimum atomic E-state index is -0.983. The number of amides is 3. The fourth-order valence-electron chi connectivity index (χ4n) is 3.42. The molecule has 2 rings (SSSR count). The van der Waals surface area contributed by atoms with Crippen molar-refractivity contribution in [1.29, 1.82) is 0 Å². The van der Waals surface area contributed by atoms with Crippen molar-refractivity contribution in [2.75, 3.05) is 6.54 Å². The van der Waals surface area contributed by atoms with Crippen LogP contribution in [0.4, 0.5) is 8.78 Å². The van der Waals surface area contributed by atoms with E-state index in [9.17, 15) is 23.2 Å². The Kier molecular flexibility index (Phi) is 8.10. The second-order valence-electron chi connectivity index (χ2n) is 7.71. The van der Waals surface area contributed by atoms with Gasteiger partial charge in [-0.1, -0.05) is 32.9 Å². The van der Waals surface area contributed by atoms with Gasteiger partial charge in [-0.3, -0.25) is 14.4 Å². The molecule has 1 unspecified atom stereocenters. The summed E-state index contributed by atoms with van der Waals surface area (Å²) in [5.41, 5.74) is 0.0738. The van der Waals surface area contributed by atoms with Crippen LogP contribution in [0, 0.1) is 17.6 Å². The Balaban J connectivity index is 2.03. The number of halogens is 2. The van der Waals surface area contributed by atoms with E-state index in [1.165, 1.54) is 17.0 Å². The minimum absolute atomic E-state index is 0.00690. The van der Waals surface area contributed by atoms with E-state index in [0.29, 0.717) is 13.0 Å². The third-order valence-electron chi connectivity index (χ3n) is 5.06. The summed E-state index contributed by atoms with van der Waals surface area (Å²) in [6.07, 6.45) is 1.50. The molecule has 29 heavy (non-hydrogen) atoms. The fourth-order valence-corrected chi connectivity index (χ4v) is 3.42. The van der Waals surface area contributed by atoms with Gasteiger partial charge in [0, 0.05) is 37.5 Å². The molecule has 0 aromatic heterocycles. The third kappa shape index (κ3) is 5.98. The maximum Gasteiger partial charge on any atom is 0.242 e. The average molecular weight is 409 g/mol. The van der Waals surface area contributed by atoms with Gasteiger partial charge in [0.1, 0.15) is 6.04 Å². The second-order valence-corrected chi connectivity index (χ2v) is 7.71. The van der Waals surface area contributed by atoms with Crippen LogP contribution in [0.3, 0.4) is 0 Å². The minimum Gasteiger partial charge on any atom is -0.354 e. The van der Waals surface area contributed by atoms with Gasteiger partial charge < -0.3 is 15.5 Å². The number of benzene rings is 1. The maximum atomic E-state index is 14.0. The predicted molar refractivity (Wildman–Crippen MR) is 105 cm³/mol. The van der Waals surface area contributed by atoms with E-state index in [0.717, 1.165) is 12.5 Å². The highest BCUT2D eigenvalue weighted by Gasteiger charge is 2.34. The first kappa shape index (κ1) is 22.8. The zero-order valence-corrected chi connectivity index (χ0v) is 17.1. The quantitative estimate of drug-likeness (QED) is 0.658. The molecule has 1 aliphatic rings. The highest BCUT2D eigenvalue weighted by atomic mass is 19.2. The van der Waals surface area contributed by atoms with Crippen molar-refractivity contribution in [3.63, 3.8) is 0 Å². The molecule has 0 bridgehead atoms. The number of nitrogens with zero attached hydrogens (tertiary/aromatic N) is 1. The number of carbonyl (C=O) groups is 3. The molecule has 160 valence electrons. The van der Waals surface area contributed by atoms with Crippen molar-refractivity contribution in [2.45, 2.75) is 65.1 Å². The van der Waals surface area contributed by atoms with Crippen LogP contribution in [-0.2, 0) is 20.9 Å². The molecule has 3 amide bonds. The number of nitrogens with one attached hydrogen (secondary N) is 2. The summed E-state index contributed by atoms with van der Waals surface area (Å²) in [5.74, 6) is -2.84. The lowest BCUT2D eigenvalue weighted by atomic mass is 10.0. The summed E-state index contributed by atoms with van der Waals surface area (Å²) in [7, 11) is 0. The first-order valence-corrected chi connectivity index (χ1v) is 10.0. The molecule has 1 saturated heterocycles. The van der Waals surface area contributed by atoms with E-state index in [2.05, 4.69) is 10.6 Å². The number of likely N-dealkylation sites (tertiary alicyclic amines) is 1. The zero-order chi connectivity index (χ0) is 21.6. The van der Waals surface area contributed by atoms with Gasteiger partial charge in [-0.05, 0) is 24.8 Å². The maximum absolute atomic E-state index is 14.0. The molecule has 1 aromatic rings. The number of hydrogen-bond donors (Lipinski definition) is 2. The molecule has 1 aromatic carbocycles. The van der Waals surface area contributed by atoms with Gasteiger partial charge in [0.2, 0.25) is 17.7 Å². The molecule has 8 heteroatoms. The summed E-state index contributed by atoms with van der Waals surface area (Å²) in [6, 6.07) is 2.74. The topological polar surface area (TPSA) is 78.5 Å². The van der Waals surface area contributed by atoms with Gasteiger partial charge >= 0.3 is 0 Å². The lowest BCUT2D eigenvalue weighted by Gasteiger charge is -2.27. The van der Waals surface area contributed by atoms with Gasteiger partial charge in [-0.25, -0.2) is 8.78 Å². The molecule has 2 atom stereocenters. The van der Waals surface area contributed by atoms with E-state index in [4.69, 9.17) is 0 Å². The van der Waals surface area contributed by atoms with Gasteiger partial charge in [0.05, 0.1) is 0 Å². The van der Waals surface area contributed by atoms with Crippen LogP contribution in [0.5, 0.6) is 0 Å². The van der Waals surface area contributed by atoms with Crippen LogP contribution in [0.1, 0.15) is 52.0 Å². The Hall–Kier alpha value is -2.51. The van der Waals surface area contributed by atoms with E-state index in [-0.39, 0.29) is 48.6 Å². The first-order valence-electron chi connectivity index (χ1n) is 10.0. The standard InChI is InChI=1S/C21H29F2N3O3/c1-4-10-24-21(29)20(13(2)3)25-17(27)11-15-8-9-18(28)26(15)12-14-6-5-7-16(22)19(14)23/h5-7,13,15,20H,4,8-12H2,1-3H3,(H,24,29)(H,25,27)/t15-,20?/m0/s1. The molecule has 1 fully saturated rings. The lowest BCUT2D eigenvalue weighted by Crippen LogP contribution is -2.50. The van der Waals surface area contributed by atoms with E-state index in [1.807, 2.05) is 20.8 Å².